The molecule has 0 bridgehead atoms. The van der Waals surface area contributed by atoms with E-state index in [1.54, 1.807) is 13.0 Å². The maximum absolute atomic E-state index is 9.18. The highest BCUT2D eigenvalue weighted by Gasteiger charge is 2.06. The SMILES string of the molecule is CC(C#N)c1ccc(O)c(C#N)c1. The Bertz CT molecular complexity index is 398. The predicted molar refractivity (Wildman–Crippen MR) is 46.8 cm³/mol. The summed E-state index contributed by atoms with van der Waals surface area (Å²) < 4.78 is 0. The maximum Gasteiger partial charge on any atom is 0.133 e. The van der Waals surface area contributed by atoms with Gasteiger partial charge in [-0.15, -0.1) is 0 Å². The fraction of sp³-hybridized carbons (Fsp3) is 0.200. The Labute approximate surface area is 76.5 Å². The summed E-state index contributed by atoms with van der Waals surface area (Å²) in [7, 11) is 0. The fourth-order valence-electron chi connectivity index (χ4n) is 0.987. The molecule has 1 aromatic carbocycles. The van der Waals surface area contributed by atoms with Crippen molar-refractivity contribution >= 4 is 0 Å². The van der Waals surface area contributed by atoms with E-state index in [-0.39, 0.29) is 17.2 Å². The van der Waals surface area contributed by atoms with Crippen LogP contribution < -0.4 is 0 Å². The van der Waals surface area contributed by atoms with E-state index in [0.717, 1.165) is 5.56 Å². The third-order valence-corrected chi connectivity index (χ3v) is 1.83. The molecule has 0 aromatic heterocycles. The zero-order valence-corrected chi connectivity index (χ0v) is 7.15. The van der Waals surface area contributed by atoms with Gasteiger partial charge in [-0.25, -0.2) is 0 Å². The average Bonchev–Trinajstić information content (AvgIpc) is 2.17. The van der Waals surface area contributed by atoms with Gasteiger partial charge < -0.3 is 5.11 Å². The van der Waals surface area contributed by atoms with Gasteiger partial charge in [-0.3, -0.25) is 0 Å². The normalized spacial score (nSPS) is 11.3. The first-order valence-corrected chi connectivity index (χ1v) is 3.81. The van der Waals surface area contributed by atoms with Crippen LogP contribution in [-0.4, -0.2) is 5.11 Å². The van der Waals surface area contributed by atoms with Crippen molar-refractivity contribution in [1.82, 2.24) is 0 Å². The third kappa shape index (κ3) is 1.77. The summed E-state index contributed by atoms with van der Waals surface area (Å²) in [5.41, 5.74) is 0.955. The molecule has 0 aliphatic rings. The van der Waals surface area contributed by atoms with Crippen LogP contribution in [0.3, 0.4) is 0 Å². The Morgan fingerprint density at radius 2 is 2.08 bits per heavy atom. The first kappa shape index (κ1) is 9.09. The molecule has 1 N–H and O–H groups in total. The molecular formula is C10H8N2O. The second kappa shape index (κ2) is 3.60. The monoisotopic (exact) mass is 172 g/mol. The molecule has 0 spiro atoms. The lowest BCUT2D eigenvalue weighted by atomic mass is 10.0. The number of nitrogens with zero attached hydrogens (tertiary/aromatic N) is 2. The number of hydrogen-bond acceptors (Lipinski definition) is 3. The summed E-state index contributed by atoms with van der Waals surface area (Å²) in [5.74, 6) is -0.302. The number of hydrogen-bond donors (Lipinski definition) is 1. The molecule has 0 amide bonds. The van der Waals surface area contributed by atoms with Crippen molar-refractivity contribution in [3.8, 4) is 17.9 Å². The fourth-order valence-corrected chi connectivity index (χ4v) is 0.987. The van der Waals surface area contributed by atoms with E-state index in [4.69, 9.17) is 10.5 Å². The smallest absolute Gasteiger partial charge is 0.133 e. The lowest BCUT2D eigenvalue weighted by Crippen LogP contribution is -1.90. The summed E-state index contributed by atoms with van der Waals surface area (Å²) in [6, 6.07) is 8.52. The van der Waals surface area contributed by atoms with Crippen LogP contribution in [-0.2, 0) is 0 Å². The Balaban J connectivity index is 3.17. The average molecular weight is 172 g/mol. The second-order valence-electron chi connectivity index (χ2n) is 2.74. The van der Waals surface area contributed by atoms with Crippen molar-refractivity contribution in [3.63, 3.8) is 0 Å². The molecular weight excluding hydrogens is 164 g/mol. The van der Waals surface area contributed by atoms with Crippen molar-refractivity contribution < 1.29 is 5.11 Å². The topological polar surface area (TPSA) is 67.8 Å². The van der Waals surface area contributed by atoms with Gasteiger partial charge in [0.2, 0.25) is 0 Å². The molecule has 3 nitrogen and oxygen atoms in total. The molecule has 1 unspecified atom stereocenters. The molecule has 0 saturated heterocycles. The van der Waals surface area contributed by atoms with Crippen LogP contribution in [0.4, 0.5) is 0 Å². The molecule has 0 saturated carbocycles. The highest BCUT2D eigenvalue weighted by Crippen LogP contribution is 2.22. The number of phenolic OH excluding ortho intramolecular Hbond substituents is 1. The minimum Gasteiger partial charge on any atom is -0.507 e. The minimum atomic E-state index is -0.257. The summed E-state index contributed by atoms with van der Waals surface area (Å²) >= 11 is 0. The first-order chi connectivity index (χ1) is 6.19. The molecule has 0 radical (unpaired) electrons. The van der Waals surface area contributed by atoms with Gasteiger partial charge in [0.1, 0.15) is 11.8 Å². The summed E-state index contributed by atoms with van der Waals surface area (Å²) in [6.45, 7) is 1.74. The summed E-state index contributed by atoms with van der Waals surface area (Å²) in [5, 5.41) is 26.4. The van der Waals surface area contributed by atoms with Crippen molar-refractivity contribution in [1.29, 1.82) is 10.5 Å². The van der Waals surface area contributed by atoms with Gasteiger partial charge in [-0.2, -0.15) is 10.5 Å². The Morgan fingerprint density at radius 1 is 1.38 bits per heavy atom. The van der Waals surface area contributed by atoms with E-state index in [0.29, 0.717) is 0 Å². The zero-order chi connectivity index (χ0) is 9.84. The summed E-state index contributed by atoms with van der Waals surface area (Å²) in [6.07, 6.45) is 0. The number of phenols is 1. The van der Waals surface area contributed by atoms with E-state index < -0.39 is 0 Å². The Morgan fingerprint density at radius 3 is 2.62 bits per heavy atom. The second-order valence-corrected chi connectivity index (χ2v) is 2.74. The highest BCUT2D eigenvalue weighted by molar-refractivity contribution is 5.45. The third-order valence-electron chi connectivity index (χ3n) is 1.83. The van der Waals surface area contributed by atoms with Crippen molar-refractivity contribution in [2.75, 3.05) is 0 Å². The van der Waals surface area contributed by atoms with Crippen LogP contribution >= 0.6 is 0 Å². The molecule has 0 aliphatic heterocycles. The molecule has 1 rings (SSSR count). The number of rotatable bonds is 1. The molecule has 64 valence electrons. The molecule has 0 fully saturated rings. The van der Waals surface area contributed by atoms with E-state index in [9.17, 15) is 5.11 Å². The Hall–Kier alpha value is -2.00. The van der Waals surface area contributed by atoms with Crippen LogP contribution in [0.15, 0.2) is 18.2 Å². The quantitative estimate of drug-likeness (QED) is 0.703. The van der Waals surface area contributed by atoms with Crippen LogP contribution in [0, 0.1) is 22.7 Å². The van der Waals surface area contributed by atoms with E-state index in [1.807, 2.05) is 6.07 Å². The van der Waals surface area contributed by atoms with Crippen LogP contribution in [0.5, 0.6) is 5.75 Å². The largest absolute Gasteiger partial charge is 0.507 e. The lowest BCUT2D eigenvalue weighted by Gasteiger charge is -2.03. The van der Waals surface area contributed by atoms with Gasteiger partial charge in [-0.05, 0) is 24.6 Å². The maximum atomic E-state index is 9.18. The van der Waals surface area contributed by atoms with Crippen molar-refractivity contribution in [3.05, 3.63) is 29.3 Å². The van der Waals surface area contributed by atoms with Gasteiger partial charge in [-0.1, -0.05) is 6.07 Å². The zero-order valence-electron chi connectivity index (χ0n) is 7.15. The Kier molecular flexibility index (Phi) is 2.52. The van der Waals surface area contributed by atoms with E-state index in [1.165, 1.54) is 12.1 Å². The number of aromatic hydroxyl groups is 1. The molecule has 1 atom stereocenters. The highest BCUT2D eigenvalue weighted by atomic mass is 16.3. The van der Waals surface area contributed by atoms with Gasteiger partial charge in [0.25, 0.3) is 0 Å². The van der Waals surface area contributed by atoms with Gasteiger partial charge in [0.05, 0.1) is 17.6 Å². The van der Waals surface area contributed by atoms with Crippen LogP contribution in [0.25, 0.3) is 0 Å². The molecule has 13 heavy (non-hydrogen) atoms. The van der Waals surface area contributed by atoms with Crippen LogP contribution in [0.2, 0.25) is 0 Å². The predicted octanol–water partition coefficient (Wildman–Crippen LogP) is 1.89. The molecule has 0 heterocycles. The molecule has 3 heteroatoms. The number of benzene rings is 1. The van der Waals surface area contributed by atoms with Gasteiger partial charge in [0.15, 0.2) is 0 Å². The lowest BCUT2D eigenvalue weighted by molar-refractivity contribution is 0.473. The number of nitriles is 2. The van der Waals surface area contributed by atoms with E-state index >= 15 is 0 Å². The minimum absolute atomic E-state index is 0.0450. The molecule has 1 aromatic rings. The van der Waals surface area contributed by atoms with Crippen LogP contribution in [0.1, 0.15) is 24.0 Å². The molecule has 0 aliphatic carbocycles. The first-order valence-electron chi connectivity index (χ1n) is 3.81. The summed E-state index contributed by atoms with van der Waals surface area (Å²) in [4.78, 5) is 0. The standard InChI is InChI=1S/C10H8N2O/c1-7(5-11)8-2-3-10(13)9(4-8)6-12/h2-4,7,13H,1H3. The van der Waals surface area contributed by atoms with E-state index in [2.05, 4.69) is 6.07 Å². The van der Waals surface area contributed by atoms with Crippen molar-refractivity contribution in [2.45, 2.75) is 12.8 Å². The van der Waals surface area contributed by atoms with Gasteiger partial charge >= 0.3 is 0 Å². The van der Waals surface area contributed by atoms with Gasteiger partial charge in [0, 0.05) is 0 Å². The van der Waals surface area contributed by atoms with Crippen molar-refractivity contribution in [2.24, 2.45) is 0 Å².